The predicted octanol–water partition coefficient (Wildman–Crippen LogP) is 0.635. The Labute approximate surface area is 111 Å². The van der Waals surface area contributed by atoms with Gasteiger partial charge in [0.2, 0.25) is 0 Å². The average Bonchev–Trinajstić information content (AvgIpc) is 2.86. The molecule has 1 saturated carbocycles. The minimum Gasteiger partial charge on any atom is -0.480 e. The summed E-state index contributed by atoms with van der Waals surface area (Å²) in [6, 6.07) is -1.46. The van der Waals surface area contributed by atoms with Gasteiger partial charge in [-0.15, -0.1) is 0 Å². The molecule has 0 aliphatic heterocycles. The van der Waals surface area contributed by atoms with Crippen LogP contribution in [0.25, 0.3) is 0 Å². The molecule has 0 saturated heterocycles. The van der Waals surface area contributed by atoms with Crippen LogP contribution in [0.3, 0.4) is 0 Å². The monoisotopic (exact) mass is 272 g/mol. The predicted molar refractivity (Wildman–Crippen MR) is 66.6 cm³/mol. The molecule has 1 rings (SSSR count). The van der Waals surface area contributed by atoms with E-state index >= 15 is 0 Å². The Balaban J connectivity index is 2.36. The topological polar surface area (TPSA) is 105 Å². The van der Waals surface area contributed by atoms with Crippen LogP contribution in [0.2, 0.25) is 0 Å². The van der Waals surface area contributed by atoms with Gasteiger partial charge < -0.3 is 20.5 Å². The van der Waals surface area contributed by atoms with Crippen LogP contribution in [0.15, 0.2) is 0 Å². The van der Waals surface area contributed by atoms with Crippen LogP contribution in [0, 0.1) is 0 Å². The zero-order chi connectivity index (χ0) is 14.3. The standard InChI is InChI=1S/C12H20N2O5/c1-19-10(15)7-6-9(11(16)17)14-12(18)13-8-4-2-3-5-8/h8-9H,2-7H2,1H3,(H,16,17)(H2,13,14,18)/t9-/m1/s1. The number of urea groups is 1. The second kappa shape index (κ2) is 7.60. The van der Waals surface area contributed by atoms with Gasteiger partial charge in [-0.3, -0.25) is 4.79 Å². The van der Waals surface area contributed by atoms with E-state index in [1.807, 2.05) is 0 Å². The van der Waals surface area contributed by atoms with E-state index in [9.17, 15) is 14.4 Å². The van der Waals surface area contributed by atoms with Crippen molar-refractivity contribution in [1.82, 2.24) is 10.6 Å². The lowest BCUT2D eigenvalue weighted by Gasteiger charge is -2.17. The molecule has 1 aliphatic rings. The fraction of sp³-hybridized carbons (Fsp3) is 0.750. The molecule has 19 heavy (non-hydrogen) atoms. The number of carbonyl (C=O) groups excluding carboxylic acids is 2. The number of ether oxygens (including phenoxy) is 1. The molecule has 7 heteroatoms. The maximum absolute atomic E-state index is 11.6. The summed E-state index contributed by atoms with van der Waals surface area (Å²) in [5, 5.41) is 14.1. The van der Waals surface area contributed by atoms with Crippen LogP contribution < -0.4 is 10.6 Å². The van der Waals surface area contributed by atoms with Crippen molar-refractivity contribution in [2.75, 3.05) is 7.11 Å². The van der Waals surface area contributed by atoms with Gasteiger partial charge in [-0.1, -0.05) is 12.8 Å². The Hall–Kier alpha value is -1.79. The molecule has 0 radical (unpaired) electrons. The molecule has 108 valence electrons. The van der Waals surface area contributed by atoms with E-state index in [4.69, 9.17) is 5.11 Å². The summed E-state index contributed by atoms with van der Waals surface area (Å²) >= 11 is 0. The van der Waals surface area contributed by atoms with E-state index in [2.05, 4.69) is 15.4 Å². The van der Waals surface area contributed by atoms with Crippen molar-refractivity contribution < 1.29 is 24.2 Å². The molecular weight excluding hydrogens is 252 g/mol. The highest BCUT2D eigenvalue weighted by molar-refractivity contribution is 5.83. The Morgan fingerprint density at radius 3 is 2.47 bits per heavy atom. The summed E-state index contributed by atoms with van der Waals surface area (Å²) in [4.78, 5) is 33.6. The molecule has 0 aromatic carbocycles. The molecular formula is C12H20N2O5. The van der Waals surface area contributed by atoms with Crippen molar-refractivity contribution in [3.63, 3.8) is 0 Å². The number of hydrogen-bond acceptors (Lipinski definition) is 4. The number of esters is 1. The molecule has 1 atom stereocenters. The fourth-order valence-corrected chi connectivity index (χ4v) is 2.08. The molecule has 1 fully saturated rings. The first-order valence-corrected chi connectivity index (χ1v) is 6.39. The van der Waals surface area contributed by atoms with Gasteiger partial charge in [0.05, 0.1) is 7.11 Å². The number of amides is 2. The summed E-state index contributed by atoms with van der Waals surface area (Å²) in [6.07, 6.45) is 3.98. The molecule has 0 bridgehead atoms. The zero-order valence-corrected chi connectivity index (χ0v) is 11.0. The van der Waals surface area contributed by atoms with Crippen molar-refractivity contribution in [1.29, 1.82) is 0 Å². The smallest absolute Gasteiger partial charge is 0.326 e. The number of carboxylic acids is 1. The largest absolute Gasteiger partial charge is 0.480 e. The number of methoxy groups -OCH3 is 1. The lowest BCUT2D eigenvalue weighted by molar-refractivity contribution is -0.142. The second-order valence-corrected chi connectivity index (χ2v) is 4.60. The molecule has 2 amide bonds. The van der Waals surface area contributed by atoms with Crippen LogP contribution in [-0.2, 0) is 14.3 Å². The number of nitrogens with one attached hydrogen (secondary N) is 2. The zero-order valence-electron chi connectivity index (χ0n) is 11.0. The minimum atomic E-state index is -1.16. The highest BCUT2D eigenvalue weighted by Gasteiger charge is 2.23. The Kier molecular flexibility index (Phi) is 6.11. The normalized spacial score (nSPS) is 16.7. The van der Waals surface area contributed by atoms with Crippen LogP contribution in [0.1, 0.15) is 38.5 Å². The van der Waals surface area contributed by atoms with E-state index in [-0.39, 0.29) is 18.9 Å². The van der Waals surface area contributed by atoms with Crippen LogP contribution in [-0.4, -0.2) is 42.3 Å². The lowest BCUT2D eigenvalue weighted by Crippen LogP contribution is -2.48. The highest BCUT2D eigenvalue weighted by Crippen LogP contribution is 2.17. The third kappa shape index (κ3) is 5.58. The number of carboxylic acid groups (broad SMARTS) is 1. The Bertz CT molecular complexity index is 339. The SMILES string of the molecule is COC(=O)CC[C@@H](NC(=O)NC1CCCC1)C(=O)O. The number of carbonyl (C=O) groups is 3. The van der Waals surface area contributed by atoms with Crippen molar-refractivity contribution >= 4 is 18.0 Å². The molecule has 7 nitrogen and oxygen atoms in total. The number of aliphatic carboxylic acids is 1. The van der Waals surface area contributed by atoms with Crippen molar-refractivity contribution in [3.05, 3.63) is 0 Å². The maximum atomic E-state index is 11.6. The first-order chi connectivity index (χ1) is 9.02. The van der Waals surface area contributed by atoms with E-state index in [1.165, 1.54) is 7.11 Å². The van der Waals surface area contributed by atoms with Crippen LogP contribution in [0.4, 0.5) is 4.79 Å². The van der Waals surface area contributed by atoms with E-state index in [0.29, 0.717) is 0 Å². The molecule has 0 unspecified atom stereocenters. The first kappa shape index (κ1) is 15.3. The van der Waals surface area contributed by atoms with Crippen molar-refractivity contribution in [2.24, 2.45) is 0 Å². The molecule has 0 heterocycles. The van der Waals surface area contributed by atoms with Gasteiger partial charge >= 0.3 is 18.0 Å². The summed E-state index contributed by atoms with van der Waals surface area (Å²) in [5.74, 6) is -1.66. The Morgan fingerprint density at radius 2 is 1.95 bits per heavy atom. The second-order valence-electron chi connectivity index (χ2n) is 4.60. The maximum Gasteiger partial charge on any atom is 0.326 e. The average molecular weight is 272 g/mol. The molecule has 1 aliphatic carbocycles. The van der Waals surface area contributed by atoms with Gasteiger partial charge in [0, 0.05) is 12.5 Å². The Morgan fingerprint density at radius 1 is 1.32 bits per heavy atom. The lowest BCUT2D eigenvalue weighted by atomic mass is 10.1. The third-order valence-electron chi connectivity index (χ3n) is 3.16. The number of rotatable bonds is 6. The van der Waals surface area contributed by atoms with Gasteiger partial charge in [0.25, 0.3) is 0 Å². The molecule has 0 spiro atoms. The molecule has 3 N–H and O–H groups in total. The fourth-order valence-electron chi connectivity index (χ4n) is 2.08. The molecule has 0 aromatic rings. The first-order valence-electron chi connectivity index (χ1n) is 6.39. The van der Waals surface area contributed by atoms with Crippen LogP contribution >= 0.6 is 0 Å². The van der Waals surface area contributed by atoms with Gasteiger partial charge in [-0.25, -0.2) is 9.59 Å². The molecule has 0 aromatic heterocycles. The van der Waals surface area contributed by atoms with Gasteiger partial charge in [0.15, 0.2) is 0 Å². The summed E-state index contributed by atoms with van der Waals surface area (Å²) in [5.41, 5.74) is 0. The van der Waals surface area contributed by atoms with Crippen LogP contribution in [0.5, 0.6) is 0 Å². The van der Waals surface area contributed by atoms with E-state index in [0.717, 1.165) is 25.7 Å². The quantitative estimate of drug-likeness (QED) is 0.615. The van der Waals surface area contributed by atoms with Gasteiger partial charge in [-0.2, -0.15) is 0 Å². The minimum absolute atomic E-state index is 0.0140. The van der Waals surface area contributed by atoms with Crippen molar-refractivity contribution in [3.8, 4) is 0 Å². The summed E-state index contributed by atoms with van der Waals surface area (Å²) in [7, 11) is 1.23. The van der Waals surface area contributed by atoms with E-state index in [1.54, 1.807) is 0 Å². The van der Waals surface area contributed by atoms with Gasteiger partial charge in [0.1, 0.15) is 6.04 Å². The van der Waals surface area contributed by atoms with E-state index < -0.39 is 24.0 Å². The summed E-state index contributed by atoms with van der Waals surface area (Å²) < 4.78 is 4.43. The third-order valence-corrected chi connectivity index (χ3v) is 3.16. The number of hydrogen-bond donors (Lipinski definition) is 3. The van der Waals surface area contributed by atoms with Gasteiger partial charge in [-0.05, 0) is 19.3 Å². The van der Waals surface area contributed by atoms with Crippen molar-refractivity contribution in [2.45, 2.75) is 50.6 Å². The summed E-state index contributed by atoms with van der Waals surface area (Å²) in [6.45, 7) is 0. The highest BCUT2D eigenvalue weighted by atomic mass is 16.5.